The van der Waals surface area contributed by atoms with Gasteiger partial charge < -0.3 is 19.4 Å². The van der Waals surface area contributed by atoms with Gasteiger partial charge in [-0.15, -0.1) is 21.5 Å². The van der Waals surface area contributed by atoms with Gasteiger partial charge in [-0.1, -0.05) is 48.2 Å². The minimum absolute atomic E-state index is 0.106. The molecule has 0 radical (unpaired) electrons. The van der Waals surface area contributed by atoms with Crippen LogP contribution in [0.4, 0.5) is 5.00 Å². The molecule has 0 aliphatic carbocycles. The summed E-state index contributed by atoms with van der Waals surface area (Å²) in [5.41, 5.74) is 4.39. The monoisotopic (exact) mass is 550 g/mol. The number of amides is 1. The number of thioether (sulfide) groups is 1. The van der Waals surface area contributed by atoms with Crippen molar-refractivity contribution in [1.82, 2.24) is 14.8 Å². The quantitative estimate of drug-likeness (QED) is 0.190. The molecule has 0 unspecified atom stereocenters. The van der Waals surface area contributed by atoms with Crippen LogP contribution in [0.5, 0.6) is 5.75 Å². The highest BCUT2D eigenvalue weighted by Gasteiger charge is 2.25. The van der Waals surface area contributed by atoms with Crippen LogP contribution in [-0.2, 0) is 22.7 Å². The number of hydrogen-bond donors (Lipinski definition) is 1. The number of rotatable bonds is 10. The SMILES string of the molecule is CCn1c(COc2ccc(C)c(C)c2)nnc1SCC(=O)Nc1sc(C)c(-c2ccccc2)c1C(=O)OC. The Labute approximate surface area is 230 Å². The second-order valence-corrected chi connectivity index (χ2v) is 10.8. The molecule has 2 aromatic carbocycles. The van der Waals surface area contributed by atoms with E-state index in [0.717, 1.165) is 27.3 Å². The van der Waals surface area contributed by atoms with Gasteiger partial charge in [0, 0.05) is 17.0 Å². The Kier molecular flexibility index (Phi) is 8.85. The van der Waals surface area contributed by atoms with Gasteiger partial charge in [0.15, 0.2) is 11.0 Å². The van der Waals surface area contributed by atoms with E-state index >= 15 is 0 Å². The lowest BCUT2D eigenvalue weighted by Gasteiger charge is -2.10. The third-order valence-electron chi connectivity index (χ3n) is 6.08. The summed E-state index contributed by atoms with van der Waals surface area (Å²) in [7, 11) is 1.34. The van der Waals surface area contributed by atoms with Gasteiger partial charge >= 0.3 is 5.97 Å². The van der Waals surface area contributed by atoms with Crippen molar-refractivity contribution in [3.05, 3.63) is 75.9 Å². The van der Waals surface area contributed by atoms with E-state index in [1.807, 2.05) is 73.9 Å². The maximum Gasteiger partial charge on any atom is 0.341 e. The van der Waals surface area contributed by atoms with Crippen LogP contribution >= 0.6 is 23.1 Å². The Morgan fingerprint density at radius 1 is 1.05 bits per heavy atom. The zero-order valence-corrected chi connectivity index (χ0v) is 23.7. The molecule has 1 amide bonds. The zero-order chi connectivity index (χ0) is 27.2. The molecule has 0 saturated heterocycles. The molecule has 2 heterocycles. The predicted octanol–water partition coefficient (Wildman–Crippen LogP) is 6.05. The zero-order valence-electron chi connectivity index (χ0n) is 22.0. The van der Waals surface area contributed by atoms with E-state index in [0.29, 0.717) is 28.1 Å². The number of carbonyl (C=O) groups excluding carboxylic acids is 2. The summed E-state index contributed by atoms with van der Waals surface area (Å²) in [6.07, 6.45) is 0. The van der Waals surface area contributed by atoms with Crippen molar-refractivity contribution < 1.29 is 19.1 Å². The molecule has 4 rings (SSSR count). The fraction of sp³-hybridized carbons (Fsp3) is 0.286. The molecule has 0 aliphatic rings. The Morgan fingerprint density at radius 3 is 2.50 bits per heavy atom. The minimum Gasteiger partial charge on any atom is -0.486 e. The van der Waals surface area contributed by atoms with Crippen LogP contribution in [0.25, 0.3) is 11.1 Å². The lowest BCUT2D eigenvalue weighted by molar-refractivity contribution is -0.113. The number of ether oxygens (including phenoxy) is 2. The second kappa shape index (κ2) is 12.3. The van der Waals surface area contributed by atoms with Crippen LogP contribution in [0.3, 0.4) is 0 Å². The molecular weight excluding hydrogens is 520 g/mol. The van der Waals surface area contributed by atoms with Gasteiger partial charge in [0.1, 0.15) is 22.9 Å². The fourth-order valence-electron chi connectivity index (χ4n) is 3.98. The Bertz CT molecular complexity index is 1450. The molecule has 0 bridgehead atoms. The van der Waals surface area contributed by atoms with Crippen molar-refractivity contribution in [2.24, 2.45) is 0 Å². The number of aryl methyl sites for hydroxylation is 3. The molecule has 2 aromatic heterocycles. The van der Waals surface area contributed by atoms with Gasteiger partial charge in [0.2, 0.25) is 5.91 Å². The van der Waals surface area contributed by atoms with Crippen molar-refractivity contribution in [2.45, 2.75) is 46.0 Å². The number of methoxy groups -OCH3 is 1. The molecule has 0 spiro atoms. The molecule has 0 atom stereocenters. The fourth-order valence-corrected chi connectivity index (χ4v) is 5.88. The number of nitrogens with one attached hydrogen (secondary N) is 1. The number of hydrogen-bond acceptors (Lipinski definition) is 8. The van der Waals surface area contributed by atoms with Gasteiger partial charge in [-0.05, 0) is 56.5 Å². The minimum atomic E-state index is -0.490. The number of anilines is 1. The van der Waals surface area contributed by atoms with Crippen LogP contribution in [0.1, 0.15) is 39.1 Å². The smallest absolute Gasteiger partial charge is 0.341 e. The molecule has 0 fully saturated rings. The largest absolute Gasteiger partial charge is 0.486 e. The van der Waals surface area contributed by atoms with E-state index in [4.69, 9.17) is 9.47 Å². The summed E-state index contributed by atoms with van der Waals surface area (Å²) in [5, 5.41) is 12.5. The summed E-state index contributed by atoms with van der Waals surface area (Å²) >= 11 is 2.64. The standard InChI is InChI=1S/C28H30N4O4S2/c1-6-32-22(15-36-21-13-12-17(2)18(3)14-21)30-31-28(32)37-16-23(33)29-26-25(27(34)35-5)24(19(4)38-26)20-10-8-7-9-11-20/h7-14H,6,15-16H2,1-5H3,(H,29,33). The summed E-state index contributed by atoms with van der Waals surface area (Å²) < 4.78 is 12.9. The van der Waals surface area contributed by atoms with E-state index in [9.17, 15) is 9.59 Å². The van der Waals surface area contributed by atoms with E-state index in [2.05, 4.69) is 22.4 Å². The van der Waals surface area contributed by atoms with Gasteiger partial charge in [-0.3, -0.25) is 4.79 Å². The summed E-state index contributed by atoms with van der Waals surface area (Å²) in [5.74, 6) is 0.821. The first-order chi connectivity index (χ1) is 18.3. The van der Waals surface area contributed by atoms with Crippen LogP contribution in [0.15, 0.2) is 53.7 Å². The van der Waals surface area contributed by atoms with Crippen LogP contribution in [0.2, 0.25) is 0 Å². The molecule has 10 heteroatoms. The number of benzene rings is 2. The van der Waals surface area contributed by atoms with Crippen molar-refractivity contribution in [3.8, 4) is 16.9 Å². The normalized spacial score (nSPS) is 10.9. The highest BCUT2D eigenvalue weighted by molar-refractivity contribution is 7.99. The molecular formula is C28H30N4O4S2. The van der Waals surface area contributed by atoms with Crippen molar-refractivity contribution in [3.63, 3.8) is 0 Å². The van der Waals surface area contributed by atoms with Crippen molar-refractivity contribution >= 4 is 40.0 Å². The average molecular weight is 551 g/mol. The third-order valence-corrected chi connectivity index (χ3v) is 8.06. The van der Waals surface area contributed by atoms with Gasteiger partial charge in [0.05, 0.1) is 12.9 Å². The third kappa shape index (κ3) is 6.08. The number of nitrogens with zero attached hydrogens (tertiary/aromatic N) is 3. The van der Waals surface area contributed by atoms with Crippen molar-refractivity contribution in [2.75, 3.05) is 18.2 Å². The first-order valence-corrected chi connectivity index (χ1v) is 13.9. The van der Waals surface area contributed by atoms with Crippen LogP contribution in [0, 0.1) is 20.8 Å². The van der Waals surface area contributed by atoms with E-state index < -0.39 is 5.97 Å². The lowest BCUT2D eigenvalue weighted by atomic mass is 10.0. The first-order valence-electron chi connectivity index (χ1n) is 12.1. The molecule has 8 nitrogen and oxygen atoms in total. The van der Waals surface area contributed by atoms with E-state index in [-0.39, 0.29) is 18.3 Å². The number of thiophene rings is 1. The highest BCUT2D eigenvalue weighted by Crippen LogP contribution is 2.40. The van der Waals surface area contributed by atoms with E-state index in [1.165, 1.54) is 35.8 Å². The Hall–Kier alpha value is -3.63. The van der Waals surface area contributed by atoms with Crippen LogP contribution < -0.4 is 10.1 Å². The second-order valence-electron chi connectivity index (χ2n) is 8.61. The number of carbonyl (C=O) groups is 2. The van der Waals surface area contributed by atoms with Crippen molar-refractivity contribution in [1.29, 1.82) is 0 Å². The maximum absolute atomic E-state index is 12.9. The molecule has 38 heavy (non-hydrogen) atoms. The Balaban J connectivity index is 1.44. The topological polar surface area (TPSA) is 95.3 Å². The summed E-state index contributed by atoms with van der Waals surface area (Å²) in [6, 6.07) is 15.6. The summed E-state index contributed by atoms with van der Waals surface area (Å²) in [4.78, 5) is 26.5. The first kappa shape index (κ1) is 27.4. The average Bonchev–Trinajstić information content (AvgIpc) is 3.47. The van der Waals surface area contributed by atoms with Gasteiger partial charge in [-0.25, -0.2) is 4.79 Å². The number of esters is 1. The Morgan fingerprint density at radius 2 is 1.82 bits per heavy atom. The lowest BCUT2D eigenvalue weighted by Crippen LogP contribution is -2.16. The molecule has 1 N–H and O–H groups in total. The number of aromatic nitrogens is 3. The maximum atomic E-state index is 12.9. The summed E-state index contributed by atoms with van der Waals surface area (Å²) in [6.45, 7) is 8.94. The van der Waals surface area contributed by atoms with Gasteiger partial charge in [-0.2, -0.15) is 0 Å². The van der Waals surface area contributed by atoms with E-state index in [1.54, 1.807) is 0 Å². The molecule has 198 valence electrons. The predicted molar refractivity (Wildman–Crippen MR) is 151 cm³/mol. The highest BCUT2D eigenvalue weighted by atomic mass is 32.2. The molecule has 0 saturated carbocycles. The van der Waals surface area contributed by atoms with Crippen LogP contribution in [-0.4, -0.2) is 39.5 Å². The van der Waals surface area contributed by atoms with Gasteiger partial charge in [0.25, 0.3) is 0 Å². The molecule has 0 aliphatic heterocycles. The molecule has 4 aromatic rings.